The van der Waals surface area contributed by atoms with Crippen molar-refractivity contribution in [2.75, 3.05) is 18.7 Å². The van der Waals surface area contributed by atoms with Gasteiger partial charge in [0.05, 0.1) is 0 Å². The molecule has 0 bridgehead atoms. The Bertz CT molecular complexity index is 726. The zero-order valence-electron chi connectivity index (χ0n) is 13.0. The first-order valence-corrected chi connectivity index (χ1v) is 7.91. The number of amides is 4. The van der Waals surface area contributed by atoms with Crippen LogP contribution in [0.2, 0.25) is 0 Å². The van der Waals surface area contributed by atoms with Gasteiger partial charge in [0.25, 0.3) is 5.91 Å². The second-order valence-electron chi connectivity index (χ2n) is 6.23. The van der Waals surface area contributed by atoms with Crippen molar-refractivity contribution in [2.24, 2.45) is 0 Å². The molecular formula is C16H17N3O5. The molecule has 1 aromatic carbocycles. The summed E-state index contributed by atoms with van der Waals surface area (Å²) in [5.74, 6) is 0.427. The molecule has 2 heterocycles. The van der Waals surface area contributed by atoms with Crippen molar-refractivity contribution < 1.29 is 23.9 Å². The molecule has 3 aliphatic rings. The van der Waals surface area contributed by atoms with E-state index in [0.717, 1.165) is 17.7 Å². The Balaban J connectivity index is 1.43. The fourth-order valence-corrected chi connectivity index (χ4v) is 3.46. The first kappa shape index (κ1) is 14.8. The van der Waals surface area contributed by atoms with Crippen molar-refractivity contribution in [1.82, 2.24) is 10.2 Å². The third-order valence-electron chi connectivity index (χ3n) is 4.66. The van der Waals surface area contributed by atoms with Crippen molar-refractivity contribution >= 4 is 23.5 Å². The molecule has 1 aromatic rings. The van der Waals surface area contributed by atoms with Crippen LogP contribution in [0.5, 0.6) is 11.5 Å². The van der Waals surface area contributed by atoms with Gasteiger partial charge >= 0.3 is 6.03 Å². The molecule has 0 radical (unpaired) electrons. The van der Waals surface area contributed by atoms with Gasteiger partial charge in [-0.05, 0) is 25.0 Å². The second-order valence-corrected chi connectivity index (χ2v) is 6.23. The number of anilines is 1. The van der Waals surface area contributed by atoms with E-state index in [4.69, 9.17) is 9.47 Å². The zero-order chi connectivity index (χ0) is 16.7. The lowest BCUT2D eigenvalue weighted by Gasteiger charge is -2.19. The van der Waals surface area contributed by atoms with Crippen LogP contribution in [0.3, 0.4) is 0 Å². The van der Waals surface area contributed by atoms with Gasteiger partial charge in [0.15, 0.2) is 11.5 Å². The number of nitrogens with one attached hydrogen (secondary N) is 2. The number of benzene rings is 1. The highest BCUT2D eigenvalue weighted by Gasteiger charge is 2.52. The van der Waals surface area contributed by atoms with Crippen LogP contribution in [0.1, 0.15) is 25.7 Å². The molecule has 4 amide bonds. The Morgan fingerprint density at radius 2 is 1.96 bits per heavy atom. The van der Waals surface area contributed by atoms with Crippen LogP contribution in [0.25, 0.3) is 0 Å². The fourth-order valence-electron chi connectivity index (χ4n) is 3.46. The number of fused-ring (bicyclic) bond motifs is 1. The molecule has 1 aliphatic carbocycles. The van der Waals surface area contributed by atoms with Crippen molar-refractivity contribution in [3.63, 3.8) is 0 Å². The first-order valence-electron chi connectivity index (χ1n) is 7.91. The van der Waals surface area contributed by atoms with Gasteiger partial charge in [-0.1, -0.05) is 12.8 Å². The minimum absolute atomic E-state index is 0.150. The highest BCUT2D eigenvalue weighted by molar-refractivity contribution is 6.10. The second kappa shape index (κ2) is 5.40. The summed E-state index contributed by atoms with van der Waals surface area (Å²) in [6.45, 7) is -0.155. The lowest BCUT2D eigenvalue weighted by Crippen LogP contribution is -2.44. The van der Waals surface area contributed by atoms with Crippen LogP contribution in [-0.2, 0) is 9.59 Å². The Morgan fingerprint density at radius 1 is 1.21 bits per heavy atom. The fraction of sp³-hybridized carbons (Fsp3) is 0.438. The average molecular weight is 331 g/mol. The molecule has 2 N–H and O–H groups in total. The van der Waals surface area contributed by atoms with Crippen molar-refractivity contribution in [2.45, 2.75) is 31.2 Å². The maximum Gasteiger partial charge on any atom is 0.325 e. The standard InChI is InChI=1S/C16H17N3O5/c20-13(17-10-3-4-11-12(7-10)24-9-23-11)8-19-14(21)16(18-15(19)22)5-1-2-6-16/h3-4,7H,1-2,5-6,8-9H2,(H,17,20)(H,18,22). The third kappa shape index (κ3) is 2.34. The van der Waals surface area contributed by atoms with E-state index >= 15 is 0 Å². The summed E-state index contributed by atoms with van der Waals surface area (Å²) < 4.78 is 10.5. The van der Waals surface area contributed by atoms with Crippen LogP contribution in [0, 0.1) is 0 Å². The minimum atomic E-state index is -0.796. The van der Waals surface area contributed by atoms with Crippen LogP contribution in [0.4, 0.5) is 10.5 Å². The van der Waals surface area contributed by atoms with Gasteiger partial charge in [0, 0.05) is 11.8 Å². The lowest BCUT2D eigenvalue weighted by atomic mass is 9.98. The quantitative estimate of drug-likeness (QED) is 0.812. The molecule has 2 fully saturated rings. The Kier molecular flexibility index (Phi) is 3.33. The molecule has 8 heteroatoms. The van der Waals surface area contributed by atoms with E-state index in [1.54, 1.807) is 18.2 Å². The SMILES string of the molecule is O=C(CN1C(=O)NC2(CCCC2)C1=O)Nc1ccc2c(c1)OCO2. The van der Waals surface area contributed by atoms with E-state index in [1.807, 2.05) is 0 Å². The topological polar surface area (TPSA) is 97.0 Å². The zero-order valence-corrected chi connectivity index (χ0v) is 13.0. The molecule has 8 nitrogen and oxygen atoms in total. The summed E-state index contributed by atoms with van der Waals surface area (Å²) in [6, 6.07) is 4.52. The number of ether oxygens (including phenoxy) is 2. The first-order chi connectivity index (χ1) is 11.6. The summed E-state index contributed by atoms with van der Waals surface area (Å²) in [5, 5.41) is 5.42. The van der Waals surface area contributed by atoms with E-state index in [-0.39, 0.29) is 19.2 Å². The van der Waals surface area contributed by atoms with E-state index in [9.17, 15) is 14.4 Å². The monoisotopic (exact) mass is 331 g/mol. The van der Waals surface area contributed by atoms with Crippen LogP contribution < -0.4 is 20.1 Å². The minimum Gasteiger partial charge on any atom is -0.454 e. The Hall–Kier alpha value is -2.77. The summed E-state index contributed by atoms with van der Waals surface area (Å²) in [7, 11) is 0. The smallest absolute Gasteiger partial charge is 0.325 e. The average Bonchev–Trinajstić information content (AvgIpc) is 3.25. The van der Waals surface area contributed by atoms with E-state index in [1.165, 1.54) is 0 Å². The molecule has 1 saturated heterocycles. The molecule has 1 spiro atoms. The Morgan fingerprint density at radius 3 is 2.75 bits per heavy atom. The third-order valence-corrected chi connectivity index (χ3v) is 4.66. The van der Waals surface area contributed by atoms with Crippen molar-refractivity contribution in [1.29, 1.82) is 0 Å². The van der Waals surface area contributed by atoms with E-state index in [0.29, 0.717) is 30.0 Å². The predicted molar refractivity (Wildman–Crippen MR) is 82.6 cm³/mol. The number of urea groups is 1. The van der Waals surface area contributed by atoms with Gasteiger partial charge in [-0.15, -0.1) is 0 Å². The summed E-state index contributed by atoms with van der Waals surface area (Å²) in [4.78, 5) is 37.8. The highest BCUT2D eigenvalue weighted by Crippen LogP contribution is 2.35. The van der Waals surface area contributed by atoms with Gasteiger partial charge in [-0.3, -0.25) is 14.5 Å². The van der Waals surface area contributed by atoms with Gasteiger partial charge < -0.3 is 20.1 Å². The highest BCUT2D eigenvalue weighted by atomic mass is 16.7. The number of rotatable bonds is 3. The number of carbonyl (C=O) groups is 3. The molecule has 2 aliphatic heterocycles. The predicted octanol–water partition coefficient (Wildman–Crippen LogP) is 1.22. The summed E-state index contributed by atoms with van der Waals surface area (Å²) in [5.41, 5.74) is -0.275. The number of hydrogen-bond acceptors (Lipinski definition) is 5. The van der Waals surface area contributed by atoms with Gasteiger partial charge in [0.2, 0.25) is 12.7 Å². The maximum absolute atomic E-state index is 12.5. The summed E-state index contributed by atoms with van der Waals surface area (Å²) >= 11 is 0. The number of hydrogen-bond donors (Lipinski definition) is 2. The van der Waals surface area contributed by atoms with Gasteiger partial charge in [0.1, 0.15) is 12.1 Å². The van der Waals surface area contributed by atoms with Crippen molar-refractivity contribution in [3.8, 4) is 11.5 Å². The molecule has 0 atom stereocenters. The lowest BCUT2D eigenvalue weighted by molar-refractivity contribution is -0.133. The normalized spacial score (nSPS) is 20.6. The van der Waals surface area contributed by atoms with Crippen molar-refractivity contribution in [3.05, 3.63) is 18.2 Å². The molecule has 0 aromatic heterocycles. The number of carbonyl (C=O) groups excluding carboxylic acids is 3. The largest absolute Gasteiger partial charge is 0.454 e. The molecular weight excluding hydrogens is 314 g/mol. The maximum atomic E-state index is 12.5. The Labute approximate surface area is 138 Å². The van der Waals surface area contributed by atoms with E-state index < -0.39 is 17.5 Å². The molecule has 126 valence electrons. The van der Waals surface area contributed by atoms with Gasteiger partial charge in [-0.25, -0.2) is 4.79 Å². The molecule has 1 saturated carbocycles. The molecule has 0 unspecified atom stereocenters. The van der Waals surface area contributed by atoms with Crippen LogP contribution in [0.15, 0.2) is 18.2 Å². The van der Waals surface area contributed by atoms with E-state index in [2.05, 4.69) is 10.6 Å². The van der Waals surface area contributed by atoms with Crippen LogP contribution in [-0.4, -0.2) is 41.6 Å². The molecule has 24 heavy (non-hydrogen) atoms. The number of nitrogens with zero attached hydrogens (tertiary/aromatic N) is 1. The summed E-state index contributed by atoms with van der Waals surface area (Å²) in [6.07, 6.45) is 3.09. The van der Waals surface area contributed by atoms with Crippen LogP contribution >= 0.6 is 0 Å². The molecule has 4 rings (SSSR count). The number of imide groups is 1. The van der Waals surface area contributed by atoms with Gasteiger partial charge in [-0.2, -0.15) is 0 Å².